The van der Waals surface area contributed by atoms with Crippen LogP contribution >= 0.6 is 0 Å². The first-order valence-corrected chi connectivity index (χ1v) is 26.0. The minimum absolute atomic E-state index is 0.134. The summed E-state index contributed by atoms with van der Waals surface area (Å²) in [6.45, 7) is 1.20. The first kappa shape index (κ1) is 48.4. The van der Waals surface area contributed by atoms with Crippen LogP contribution in [0.25, 0.3) is 0 Å². The van der Waals surface area contributed by atoms with E-state index in [1.165, 1.54) is 0 Å². The van der Waals surface area contributed by atoms with E-state index in [-0.39, 0.29) is 31.2 Å². The summed E-state index contributed by atoms with van der Waals surface area (Å²) in [6.07, 6.45) is -4.17. The molecule has 65 heavy (non-hydrogen) atoms. The molecule has 8 unspecified atom stereocenters. The second-order valence-corrected chi connectivity index (χ2v) is 21.4. The van der Waals surface area contributed by atoms with Crippen LogP contribution in [0.15, 0.2) is 127 Å². The van der Waals surface area contributed by atoms with Crippen molar-refractivity contribution in [3.05, 3.63) is 155 Å². The number of hydrogen-bond donors (Lipinski definition) is 1. The average molecular weight is 981 g/mol. The number of ether oxygens (including phenoxy) is 10. The van der Waals surface area contributed by atoms with E-state index in [2.05, 4.69) is 0 Å². The van der Waals surface area contributed by atoms with Gasteiger partial charge in [-0.2, -0.15) is 0 Å². The minimum atomic E-state index is -4.87. The fourth-order valence-electron chi connectivity index (χ4n) is 7.75. The molecule has 16 heteroatoms. The van der Waals surface area contributed by atoms with E-state index < -0.39 is 61.1 Å². The Morgan fingerprint density at radius 2 is 1.12 bits per heavy atom. The number of benzene rings is 5. The van der Waals surface area contributed by atoms with Crippen LogP contribution in [0, 0.1) is 0 Å². The molecule has 2 fully saturated rings. The SMILES string of the molecule is COc1ccc(COCC(OCc2ccc(OC)cc2)C2C(OCc3ccc(OC)cc3)C(OCc3ccc(OC)cc3)C[Se+]2CC2OC(c3ccccc3)OCC2OS(=O)(=O)O)cc1. The van der Waals surface area contributed by atoms with Crippen molar-refractivity contribution < 1.29 is 64.5 Å². The van der Waals surface area contributed by atoms with Gasteiger partial charge in [0, 0.05) is 0 Å². The van der Waals surface area contributed by atoms with Crippen molar-refractivity contribution in [3.63, 3.8) is 0 Å². The van der Waals surface area contributed by atoms with Gasteiger partial charge in [-0.15, -0.1) is 0 Å². The van der Waals surface area contributed by atoms with Gasteiger partial charge >= 0.3 is 387 Å². The second-order valence-electron chi connectivity index (χ2n) is 15.5. The Morgan fingerprint density at radius 3 is 1.63 bits per heavy atom. The summed E-state index contributed by atoms with van der Waals surface area (Å²) in [4.78, 5) is -0.281. The van der Waals surface area contributed by atoms with Crippen LogP contribution in [0.4, 0.5) is 0 Å². The molecule has 2 heterocycles. The molecule has 5 aromatic rings. The molecule has 0 radical (unpaired) electrons. The molecule has 2 saturated heterocycles. The molecule has 2 aliphatic rings. The third-order valence-electron chi connectivity index (χ3n) is 11.2. The van der Waals surface area contributed by atoms with Crippen LogP contribution < -0.4 is 18.9 Å². The first-order valence-electron chi connectivity index (χ1n) is 21.2. The van der Waals surface area contributed by atoms with Gasteiger partial charge in [-0.1, -0.05) is 0 Å². The van der Waals surface area contributed by atoms with Crippen LogP contribution in [-0.4, -0.2) is 99.0 Å². The standard InChI is InChI=1S/C49H56O14SSe/c1-53-39-18-10-34(11-19-39)26-57-30-44(58-27-35-12-20-40(54-2)21-13-35)48-47(60-29-37-16-24-42(56-4)25-17-37)46(59-28-36-14-22-41(55-3)23-15-36)33-65(48)32-45-43(63-64(50,51)52)31-61-49(62-45)38-8-6-5-7-9-38/h5-25,43-49H,26-33H2,1-4H3/p+1. The average Bonchev–Trinajstić information content (AvgIpc) is 3.68. The normalized spacial score (nSPS) is 22.6. The third-order valence-corrected chi connectivity index (χ3v) is 17.7. The predicted molar refractivity (Wildman–Crippen MR) is 243 cm³/mol. The zero-order valence-electron chi connectivity index (χ0n) is 36.9. The zero-order chi connectivity index (χ0) is 45.6. The molecule has 0 aromatic heterocycles. The van der Waals surface area contributed by atoms with Gasteiger partial charge in [0.15, 0.2) is 0 Å². The monoisotopic (exact) mass is 981 g/mol. The van der Waals surface area contributed by atoms with E-state index in [0.717, 1.165) is 50.8 Å². The quantitative estimate of drug-likeness (QED) is 0.0494. The molecule has 8 atom stereocenters. The maximum atomic E-state index is 12.3. The summed E-state index contributed by atoms with van der Waals surface area (Å²) in [7, 11) is 1.63. The van der Waals surface area contributed by atoms with Crippen molar-refractivity contribution in [2.75, 3.05) is 41.7 Å². The summed E-state index contributed by atoms with van der Waals surface area (Å²) in [6, 6.07) is 40.3. The topological polar surface area (TPSA) is 156 Å². The molecule has 0 bridgehead atoms. The van der Waals surface area contributed by atoms with E-state index in [9.17, 15) is 13.0 Å². The number of methoxy groups -OCH3 is 4. The van der Waals surface area contributed by atoms with Gasteiger partial charge in [-0.05, 0) is 0 Å². The Kier molecular flexibility index (Phi) is 17.7. The van der Waals surface area contributed by atoms with E-state index in [4.69, 9.17) is 51.6 Å². The van der Waals surface area contributed by atoms with Crippen LogP contribution in [0.3, 0.4) is 0 Å². The molecule has 1 N–H and O–H groups in total. The van der Waals surface area contributed by atoms with Crippen molar-refractivity contribution in [1.82, 2.24) is 0 Å². The van der Waals surface area contributed by atoms with E-state index >= 15 is 0 Å². The molecule has 0 aliphatic carbocycles. The van der Waals surface area contributed by atoms with Crippen LogP contribution in [-0.2, 0) is 69.4 Å². The van der Waals surface area contributed by atoms with Crippen LogP contribution in [0.1, 0.15) is 34.1 Å². The van der Waals surface area contributed by atoms with Gasteiger partial charge < -0.3 is 0 Å². The molecule has 7 rings (SSSR count). The van der Waals surface area contributed by atoms with Crippen molar-refractivity contribution in [3.8, 4) is 23.0 Å². The summed E-state index contributed by atoms with van der Waals surface area (Å²) in [5.41, 5.74) is 4.55. The van der Waals surface area contributed by atoms with Gasteiger partial charge in [0.25, 0.3) is 0 Å². The summed E-state index contributed by atoms with van der Waals surface area (Å²) in [5.74, 6) is 2.94. The first-order chi connectivity index (χ1) is 31.6. The van der Waals surface area contributed by atoms with Crippen LogP contribution in [0.5, 0.6) is 23.0 Å². The Hall–Kier alpha value is -4.55. The summed E-state index contributed by atoms with van der Waals surface area (Å²) >= 11 is -2.08. The Morgan fingerprint density at radius 1 is 0.631 bits per heavy atom. The maximum absolute atomic E-state index is 12.3. The van der Waals surface area contributed by atoms with Gasteiger partial charge in [-0.25, -0.2) is 0 Å². The molecule has 0 spiro atoms. The summed E-state index contributed by atoms with van der Waals surface area (Å²) < 4.78 is 101. The zero-order valence-corrected chi connectivity index (χ0v) is 39.4. The van der Waals surface area contributed by atoms with Crippen LogP contribution in [0.2, 0.25) is 15.5 Å². The molecule has 2 aliphatic heterocycles. The van der Waals surface area contributed by atoms with Gasteiger partial charge in [0.05, 0.1) is 0 Å². The molecule has 348 valence electrons. The molecule has 0 amide bonds. The Bertz CT molecular complexity index is 2280. The Labute approximate surface area is 385 Å². The van der Waals surface area contributed by atoms with Crippen molar-refractivity contribution in [2.45, 2.75) is 78.7 Å². The molecule has 0 saturated carbocycles. The van der Waals surface area contributed by atoms with Gasteiger partial charge in [-0.3, -0.25) is 0 Å². The molecular weight excluding hydrogens is 924 g/mol. The fourth-order valence-corrected chi connectivity index (χ4v) is 15.0. The van der Waals surface area contributed by atoms with Crippen molar-refractivity contribution >= 4 is 24.3 Å². The second kappa shape index (κ2) is 23.8. The number of rotatable bonds is 23. The molecule has 5 aromatic carbocycles. The van der Waals surface area contributed by atoms with Crippen molar-refractivity contribution in [2.24, 2.45) is 0 Å². The summed E-state index contributed by atoms with van der Waals surface area (Å²) in [5, 5.41) is 0.994. The third kappa shape index (κ3) is 14.0. The van der Waals surface area contributed by atoms with Gasteiger partial charge in [0.1, 0.15) is 0 Å². The fraction of sp³-hybridized carbons (Fsp3) is 0.388. The number of hydrogen-bond acceptors (Lipinski definition) is 13. The van der Waals surface area contributed by atoms with Gasteiger partial charge in [0.2, 0.25) is 0 Å². The van der Waals surface area contributed by atoms with E-state index in [1.807, 2.05) is 127 Å². The molecule has 14 nitrogen and oxygen atoms in total. The van der Waals surface area contributed by atoms with Crippen molar-refractivity contribution in [1.29, 1.82) is 0 Å². The predicted octanol–water partition coefficient (Wildman–Crippen LogP) is 8.17. The Balaban J connectivity index is 1.25. The molecular formula is C49H57O14SSe+. The van der Waals surface area contributed by atoms with E-state index in [1.54, 1.807) is 28.4 Å². The van der Waals surface area contributed by atoms with E-state index in [0.29, 0.717) is 23.9 Å².